The summed E-state index contributed by atoms with van der Waals surface area (Å²) in [5, 5.41) is 20.4. The fourth-order valence-corrected chi connectivity index (χ4v) is 3.48. The van der Waals surface area contributed by atoms with E-state index in [1.165, 1.54) is 6.07 Å². The maximum Gasteiger partial charge on any atom is 1.00 e. The Morgan fingerprint density at radius 1 is 1.12 bits per heavy atom. The number of nitrogens with two attached hydrogens (primary N) is 1. The number of rotatable bonds is 5. The summed E-state index contributed by atoms with van der Waals surface area (Å²) < 4.78 is 8.05. The SMILES string of the molecule is N[C@H](Cc1ccc(Oc2cc(I)c([O-])cc2I)c(I)c1)C(=O)O.[Na+]. The minimum atomic E-state index is -1.03. The van der Waals surface area contributed by atoms with Gasteiger partial charge in [0.1, 0.15) is 17.5 Å². The van der Waals surface area contributed by atoms with Gasteiger partial charge in [0.2, 0.25) is 0 Å². The summed E-state index contributed by atoms with van der Waals surface area (Å²) in [4.78, 5) is 10.8. The number of hydrogen-bond donors (Lipinski definition) is 2. The molecule has 0 amide bonds. The van der Waals surface area contributed by atoms with Gasteiger partial charge in [0, 0.05) is 3.57 Å². The molecule has 2 aromatic carbocycles. The summed E-state index contributed by atoms with van der Waals surface area (Å²) in [5.74, 6) is 0.199. The van der Waals surface area contributed by atoms with Crippen LogP contribution >= 0.6 is 67.8 Å². The van der Waals surface area contributed by atoms with Gasteiger partial charge in [-0.2, -0.15) is 0 Å². The molecule has 1 atom stereocenters. The van der Waals surface area contributed by atoms with Crippen molar-refractivity contribution in [2.24, 2.45) is 5.73 Å². The number of benzene rings is 2. The van der Waals surface area contributed by atoms with Crippen molar-refractivity contribution in [2.45, 2.75) is 12.5 Å². The van der Waals surface area contributed by atoms with Crippen LogP contribution in [0, 0.1) is 10.7 Å². The van der Waals surface area contributed by atoms with E-state index in [2.05, 4.69) is 45.2 Å². The number of halogens is 3. The minimum absolute atomic E-state index is 0. The summed E-state index contributed by atoms with van der Waals surface area (Å²) in [6.07, 6.45) is 0.256. The Morgan fingerprint density at radius 3 is 2.33 bits per heavy atom. The summed E-state index contributed by atoms with van der Waals surface area (Å²) in [5.41, 5.74) is 6.38. The first-order chi connectivity index (χ1) is 10.8. The van der Waals surface area contributed by atoms with Crippen LogP contribution in [-0.4, -0.2) is 17.1 Å². The number of carboxylic acid groups (broad SMARTS) is 1. The molecule has 3 N–H and O–H groups in total. The molecule has 0 saturated heterocycles. The molecule has 0 aliphatic rings. The van der Waals surface area contributed by atoms with Crippen LogP contribution in [0.5, 0.6) is 17.2 Å². The Bertz CT molecular complexity index is 758. The molecule has 0 spiro atoms. The Kier molecular flexibility index (Phi) is 9.57. The summed E-state index contributed by atoms with van der Waals surface area (Å²) in [6.45, 7) is 0. The van der Waals surface area contributed by atoms with E-state index < -0.39 is 12.0 Å². The molecule has 0 radical (unpaired) electrons. The van der Waals surface area contributed by atoms with Gasteiger partial charge in [-0.3, -0.25) is 4.79 Å². The zero-order valence-electron chi connectivity index (χ0n) is 12.6. The molecular formula is C15H11I3NNaO4. The van der Waals surface area contributed by atoms with Gasteiger partial charge in [-0.05, 0) is 98.0 Å². The third kappa shape index (κ3) is 6.13. The normalized spacial score (nSPS) is 11.5. The van der Waals surface area contributed by atoms with Gasteiger partial charge in [0.25, 0.3) is 0 Å². The van der Waals surface area contributed by atoms with Crippen molar-refractivity contribution < 1.29 is 49.3 Å². The second kappa shape index (κ2) is 10.1. The van der Waals surface area contributed by atoms with Crippen LogP contribution in [0.1, 0.15) is 5.56 Å². The Balaban J connectivity index is 0.00000288. The van der Waals surface area contributed by atoms with Crippen LogP contribution in [0.25, 0.3) is 0 Å². The molecule has 24 heavy (non-hydrogen) atoms. The predicted molar refractivity (Wildman–Crippen MR) is 110 cm³/mol. The Morgan fingerprint density at radius 2 is 1.75 bits per heavy atom. The van der Waals surface area contributed by atoms with Gasteiger partial charge in [-0.1, -0.05) is 17.9 Å². The predicted octanol–water partition coefficient (Wildman–Crippen LogP) is 0.325. The minimum Gasteiger partial charge on any atom is -0.872 e. The van der Waals surface area contributed by atoms with Crippen molar-refractivity contribution in [3.8, 4) is 17.2 Å². The van der Waals surface area contributed by atoms with Crippen LogP contribution < -0.4 is 45.1 Å². The number of hydrogen-bond acceptors (Lipinski definition) is 4. The molecule has 122 valence electrons. The van der Waals surface area contributed by atoms with Gasteiger partial charge in [0.05, 0.1) is 7.14 Å². The second-order valence-electron chi connectivity index (χ2n) is 4.73. The van der Waals surface area contributed by atoms with E-state index in [0.29, 0.717) is 15.1 Å². The molecule has 0 unspecified atom stereocenters. The van der Waals surface area contributed by atoms with Crippen LogP contribution in [0.3, 0.4) is 0 Å². The average Bonchev–Trinajstić information content (AvgIpc) is 2.47. The Labute approximate surface area is 202 Å². The fraction of sp³-hybridized carbons (Fsp3) is 0.133. The third-order valence-corrected chi connectivity index (χ3v) is 5.50. The van der Waals surface area contributed by atoms with E-state index in [1.807, 2.05) is 28.7 Å². The van der Waals surface area contributed by atoms with Crippen molar-refractivity contribution in [1.29, 1.82) is 0 Å². The van der Waals surface area contributed by atoms with E-state index in [1.54, 1.807) is 18.2 Å². The smallest absolute Gasteiger partial charge is 0.872 e. The first-order valence-corrected chi connectivity index (χ1v) is 9.62. The van der Waals surface area contributed by atoms with E-state index in [-0.39, 0.29) is 41.7 Å². The van der Waals surface area contributed by atoms with E-state index in [0.717, 1.165) is 12.7 Å². The largest absolute Gasteiger partial charge is 1.00 e. The molecule has 0 aliphatic carbocycles. The Hall–Kier alpha value is 0.660. The quantitative estimate of drug-likeness (QED) is 0.353. The number of carboxylic acids is 1. The molecule has 0 aromatic heterocycles. The molecule has 2 rings (SSSR count). The van der Waals surface area contributed by atoms with E-state index in [4.69, 9.17) is 15.6 Å². The van der Waals surface area contributed by atoms with Crippen LogP contribution in [0.15, 0.2) is 30.3 Å². The van der Waals surface area contributed by atoms with Crippen molar-refractivity contribution in [2.75, 3.05) is 0 Å². The van der Waals surface area contributed by atoms with E-state index in [9.17, 15) is 9.90 Å². The summed E-state index contributed by atoms with van der Waals surface area (Å²) >= 11 is 6.16. The van der Waals surface area contributed by atoms with Crippen molar-refractivity contribution in [3.63, 3.8) is 0 Å². The van der Waals surface area contributed by atoms with Crippen LogP contribution in [0.2, 0.25) is 0 Å². The number of carbonyl (C=O) groups is 1. The van der Waals surface area contributed by atoms with Gasteiger partial charge in [0.15, 0.2) is 0 Å². The third-order valence-electron chi connectivity index (χ3n) is 2.98. The first kappa shape index (κ1) is 22.7. The average molecular weight is 673 g/mol. The van der Waals surface area contributed by atoms with Crippen molar-refractivity contribution in [3.05, 3.63) is 46.6 Å². The standard InChI is InChI=1S/C15H12I3NO4.Na/c16-8-6-14(10(18)5-12(8)20)23-13-2-1-7(3-9(13)17)4-11(19)15(21)22;/h1-3,5-6,11,20H,4,19H2,(H,21,22);/q;+1/p-1/t11-;/m1./s1. The van der Waals surface area contributed by atoms with Gasteiger partial charge in [-0.25, -0.2) is 0 Å². The molecular weight excluding hydrogens is 662 g/mol. The van der Waals surface area contributed by atoms with Crippen LogP contribution in [-0.2, 0) is 11.2 Å². The van der Waals surface area contributed by atoms with Gasteiger partial charge < -0.3 is 20.7 Å². The molecule has 0 heterocycles. The van der Waals surface area contributed by atoms with Gasteiger partial charge in [-0.15, -0.1) is 0 Å². The van der Waals surface area contributed by atoms with Crippen molar-refractivity contribution >= 4 is 73.7 Å². The molecule has 2 aromatic rings. The molecule has 0 saturated carbocycles. The maximum atomic E-state index is 11.6. The molecule has 0 bridgehead atoms. The van der Waals surface area contributed by atoms with Crippen LogP contribution in [0.4, 0.5) is 0 Å². The summed E-state index contributed by atoms with van der Waals surface area (Å²) in [6, 6.07) is 7.72. The maximum absolute atomic E-state index is 11.6. The van der Waals surface area contributed by atoms with E-state index >= 15 is 0 Å². The summed E-state index contributed by atoms with van der Waals surface area (Å²) in [7, 11) is 0. The van der Waals surface area contributed by atoms with Gasteiger partial charge >= 0.3 is 35.5 Å². The molecule has 9 heteroatoms. The fourth-order valence-electron chi connectivity index (χ4n) is 1.80. The molecule has 5 nitrogen and oxygen atoms in total. The van der Waals surface area contributed by atoms with Crippen molar-refractivity contribution in [1.82, 2.24) is 0 Å². The molecule has 0 aliphatic heterocycles. The first-order valence-electron chi connectivity index (χ1n) is 6.38. The number of ether oxygens (including phenoxy) is 1. The topological polar surface area (TPSA) is 95.6 Å². The number of aliphatic carboxylic acids is 1. The zero-order valence-corrected chi connectivity index (χ0v) is 21.0. The zero-order chi connectivity index (χ0) is 17.1. The second-order valence-corrected chi connectivity index (χ2v) is 8.22. The molecule has 0 fully saturated rings. The monoisotopic (exact) mass is 673 g/mol.